The molecule has 0 radical (unpaired) electrons. The van der Waals surface area contributed by atoms with Crippen LogP contribution >= 0.6 is 0 Å². The average Bonchev–Trinajstić information content (AvgIpc) is 2.73. The molecule has 3 nitrogen and oxygen atoms in total. The van der Waals surface area contributed by atoms with E-state index in [0.29, 0.717) is 0 Å². The summed E-state index contributed by atoms with van der Waals surface area (Å²) in [4.78, 5) is 11.8. The van der Waals surface area contributed by atoms with Crippen LogP contribution in [0.3, 0.4) is 0 Å². The van der Waals surface area contributed by atoms with Gasteiger partial charge in [0, 0.05) is 24.5 Å². The summed E-state index contributed by atoms with van der Waals surface area (Å²) in [6.45, 7) is 2.86. The van der Waals surface area contributed by atoms with Gasteiger partial charge in [-0.3, -0.25) is 4.79 Å². The van der Waals surface area contributed by atoms with E-state index in [1.807, 2.05) is 41.1 Å². The summed E-state index contributed by atoms with van der Waals surface area (Å²) < 4.78 is 1.95. The highest BCUT2D eigenvalue weighted by atomic mass is 16.1. The Labute approximate surface area is 95.1 Å². The summed E-state index contributed by atoms with van der Waals surface area (Å²) in [5.41, 5.74) is 1.77. The average molecular weight is 216 g/mol. The molecule has 0 bridgehead atoms. The molecule has 2 aromatic rings. The second kappa shape index (κ2) is 4.84. The molecular weight excluding hydrogens is 200 g/mol. The van der Waals surface area contributed by atoms with Crippen LogP contribution in [0.25, 0.3) is 5.52 Å². The Morgan fingerprint density at radius 3 is 3.06 bits per heavy atom. The number of fused-ring (bicyclic) bond motifs is 1. The zero-order valence-electron chi connectivity index (χ0n) is 9.44. The maximum Gasteiger partial charge on any atom is 0.252 e. The van der Waals surface area contributed by atoms with Crippen LogP contribution in [0.1, 0.15) is 30.1 Å². The molecule has 0 unspecified atom stereocenters. The van der Waals surface area contributed by atoms with E-state index in [0.717, 1.165) is 30.5 Å². The highest BCUT2D eigenvalue weighted by Gasteiger charge is 2.06. The van der Waals surface area contributed by atoms with Crippen molar-refractivity contribution in [1.29, 1.82) is 0 Å². The van der Waals surface area contributed by atoms with E-state index in [1.165, 1.54) is 0 Å². The number of nitrogens with zero attached hydrogens (tertiary/aromatic N) is 1. The van der Waals surface area contributed by atoms with Gasteiger partial charge in [0.25, 0.3) is 5.91 Å². The summed E-state index contributed by atoms with van der Waals surface area (Å²) in [6, 6.07) is 7.81. The van der Waals surface area contributed by atoms with Gasteiger partial charge in [-0.25, -0.2) is 0 Å². The highest BCUT2D eigenvalue weighted by molar-refractivity contribution is 5.95. The normalized spacial score (nSPS) is 10.6. The van der Waals surface area contributed by atoms with E-state index >= 15 is 0 Å². The molecule has 84 valence electrons. The second-order valence-electron chi connectivity index (χ2n) is 3.87. The Hall–Kier alpha value is -1.77. The summed E-state index contributed by atoms with van der Waals surface area (Å²) in [6.07, 6.45) is 5.92. The molecule has 1 amide bonds. The smallest absolute Gasteiger partial charge is 0.252 e. The van der Waals surface area contributed by atoms with Gasteiger partial charge in [-0.1, -0.05) is 19.4 Å². The lowest BCUT2D eigenvalue weighted by Crippen LogP contribution is -2.23. The van der Waals surface area contributed by atoms with Crippen LogP contribution in [0.15, 0.2) is 36.7 Å². The lowest BCUT2D eigenvalue weighted by Gasteiger charge is -2.00. The molecule has 2 heterocycles. The quantitative estimate of drug-likeness (QED) is 0.782. The molecule has 0 aromatic carbocycles. The molecule has 2 rings (SSSR count). The lowest BCUT2D eigenvalue weighted by atomic mass is 10.3. The van der Waals surface area contributed by atoms with E-state index in [9.17, 15) is 4.79 Å². The number of carbonyl (C=O) groups is 1. The van der Waals surface area contributed by atoms with Gasteiger partial charge in [0.05, 0.1) is 5.56 Å². The summed E-state index contributed by atoms with van der Waals surface area (Å²) in [5.74, 6) is 0.0113. The van der Waals surface area contributed by atoms with Crippen LogP contribution in [0.4, 0.5) is 0 Å². The molecule has 0 aliphatic rings. The minimum absolute atomic E-state index is 0.0113. The third-order valence-electron chi connectivity index (χ3n) is 2.58. The predicted molar refractivity (Wildman–Crippen MR) is 64.6 cm³/mol. The first-order valence-electron chi connectivity index (χ1n) is 5.66. The number of pyridine rings is 1. The monoisotopic (exact) mass is 216 g/mol. The molecular formula is C13H16N2O. The minimum atomic E-state index is 0.0113. The van der Waals surface area contributed by atoms with Crippen molar-refractivity contribution in [3.05, 3.63) is 42.2 Å². The van der Waals surface area contributed by atoms with Crippen LogP contribution in [0.2, 0.25) is 0 Å². The Morgan fingerprint density at radius 1 is 1.44 bits per heavy atom. The number of amides is 1. The molecule has 2 aromatic heterocycles. The van der Waals surface area contributed by atoms with Gasteiger partial charge in [0.2, 0.25) is 0 Å². The van der Waals surface area contributed by atoms with Gasteiger partial charge >= 0.3 is 0 Å². The van der Waals surface area contributed by atoms with Crippen LogP contribution in [-0.2, 0) is 0 Å². The molecule has 0 saturated carbocycles. The molecule has 1 N–H and O–H groups in total. The second-order valence-corrected chi connectivity index (χ2v) is 3.87. The zero-order valence-corrected chi connectivity index (χ0v) is 9.44. The first-order valence-corrected chi connectivity index (χ1v) is 5.66. The Kier molecular flexibility index (Phi) is 3.25. The van der Waals surface area contributed by atoms with Crippen molar-refractivity contribution in [2.75, 3.05) is 6.54 Å². The number of hydrogen-bond donors (Lipinski definition) is 1. The Bertz CT molecular complexity index is 454. The van der Waals surface area contributed by atoms with Gasteiger partial charge in [0.15, 0.2) is 0 Å². The van der Waals surface area contributed by atoms with Gasteiger partial charge in [-0.2, -0.15) is 0 Å². The maximum absolute atomic E-state index is 11.8. The van der Waals surface area contributed by atoms with Crippen molar-refractivity contribution in [1.82, 2.24) is 9.72 Å². The van der Waals surface area contributed by atoms with E-state index in [4.69, 9.17) is 0 Å². The van der Waals surface area contributed by atoms with Crippen LogP contribution < -0.4 is 5.32 Å². The number of rotatable bonds is 4. The van der Waals surface area contributed by atoms with Gasteiger partial charge in [-0.15, -0.1) is 0 Å². The van der Waals surface area contributed by atoms with Crippen LogP contribution in [0.5, 0.6) is 0 Å². The van der Waals surface area contributed by atoms with Crippen molar-refractivity contribution < 1.29 is 4.79 Å². The van der Waals surface area contributed by atoms with Gasteiger partial charge < -0.3 is 9.72 Å². The fraction of sp³-hybridized carbons (Fsp3) is 0.308. The topological polar surface area (TPSA) is 33.5 Å². The minimum Gasteiger partial charge on any atom is -0.352 e. The molecule has 0 fully saturated rings. The summed E-state index contributed by atoms with van der Waals surface area (Å²) >= 11 is 0. The van der Waals surface area contributed by atoms with E-state index in [2.05, 4.69) is 12.2 Å². The highest BCUT2D eigenvalue weighted by Crippen LogP contribution is 2.09. The van der Waals surface area contributed by atoms with E-state index < -0.39 is 0 Å². The number of unbranched alkanes of at least 4 members (excludes halogenated alkanes) is 1. The Morgan fingerprint density at radius 2 is 2.31 bits per heavy atom. The van der Waals surface area contributed by atoms with Crippen molar-refractivity contribution in [2.45, 2.75) is 19.8 Å². The summed E-state index contributed by atoms with van der Waals surface area (Å²) in [5, 5.41) is 2.91. The summed E-state index contributed by atoms with van der Waals surface area (Å²) in [7, 11) is 0. The predicted octanol–water partition coefficient (Wildman–Crippen LogP) is 2.47. The maximum atomic E-state index is 11.8. The number of aromatic nitrogens is 1. The molecule has 0 aliphatic heterocycles. The van der Waals surface area contributed by atoms with Crippen LogP contribution in [0, 0.1) is 0 Å². The fourth-order valence-electron chi connectivity index (χ4n) is 1.66. The zero-order chi connectivity index (χ0) is 11.4. The van der Waals surface area contributed by atoms with E-state index in [-0.39, 0.29) is 5.91 Å². The van der Waals surface area contributed by atoms with Crippen molar-refractivity contribution in [3.8, 4) is 0 Å². The number of hydrogen-bond acceptors (Lipinski definition) is 1. The molecule has 16 heavy (non-hydrogen) atoms. The number of nitrogens with one attached hydrogen (secondary N) is 1. The lowest BCUT2D eigenvalue weighted by molar-refractivity contribution is 0.0953. The third-order valence-corrected chi connectivity index (χ3v) is 2.58. The molecule has 0 atom stereocenters. The SMILES string of the molecule is CCCCNC(=O)c1cc2ccccn2c1. The van der Waals surface area contributed by atoms with Crippen molar-refractivity contribution in [3.63, 3.8) is 0 Å². The van der Waals surface area contributed by atoms with Gasteiger partial charge in [0.1, 0.15) is 0 Å². The molecule has 0 aliphatic carbocycles. The molecule has 0 saturated heterocycles. The van der Waals surface area contributed by atoms with Gasteiger partial charge in [-0.05, 0) is 24.6 Å². The first kappa shape index (κ1) is 10.7. The Balaban J connectivity index is 2.11. The van der Waals surface area contributed by atoms with E-state index in [1.54, 1.807) is 0 Å². The first-order chi connectivity index (χ1) is 7.81. The number of carbonyl (C=O) groups excluding carboxylic acids is 1. The van der Waals surface area contributed by atoms with Crippen molar-refractivity contribution in [2.24, 2.45) is 0 Å². The largest absolute Gasteiger partial charge is 0.352 e. The molecule has 3 heteroatoms. The third kappa shape index (κ3) is 2.24. The van der Waals surface area contributed by atoms with Crippen molar-refractivity contribution >= 4 is 11.4 Å². The standard InChI is InChI=1S/C13H16N2O/c1-2-3-7-14-13(16)11-9-12-6-4-5-8-15(12)10-11/h4-6,8-10H,2-3,7H2,1H3,(H,14,16). The van der Waals surface area contributed by atoms with Crippen LogP contribution in [-0.4, -0.2) is 16.9 Å². The molecule has 0 spiro atoms. The fourth-order valence-corrected chi connectivity index (χ4v) is 1.66.